The standard InChI is InChI=1S/C23H25F6N5O2S/c24-22(25,26)20-11-19(16-10-15(36-23(27,28)29)1-2-17(16)31-20)33-5-3-32(4-6-33)14-9-18(30-12-14)21(35)34-7-8-37-13-34/h1-2,10-11,14,18,30H,3-9,12-13H2/t14-,18-/m0/s1. The third kappa shape index (κ3) is 5.85. The molecule has 14 heteroatoms. The molecule has 4 heterocycles. The van der Waals surface area contributed by atoms with Gasteiger partial charge in [0.15, 0.2) is 0 Å². The third-order valence-corrected chi connectivity index (χ3v) is 7.89. The van der Waals surface area contributed by atoms with Crippen LogP contribution in [0.15, 0.2) is 24.3 Å². The third-order valence-electron chi connectivity index (χ3n) is 6.92. The van der Waals surface area contributed by atoms with Gasteiger partial charge in [-0.1, -0.05) is 0 Å². The van der Waals surface area contributed by atoms with Crippen LogP contribution in [0, 0.1) is 0 Å². The number of anilines is 1. The van der Waals surface area contributed by atoms with Crippen LogP contribution in [0.4, 0.5) is 32.0 Å². The van der Waals surface area contributed by atoms with Gasteiger partial charge in [-0.2, -0.15) is 13.2 Å². The molecule has 7 nitrogen and oxygen atoms in total. The predicted octanol–water partition coefficient (Wildman–Crippen LogP) is 3.54. The number of carbonyl (C=O) groups excluding carboxylic acids is 1. The van der Waals surface area contributed by atoms with E-state index in [1.165, 1.54) is 0 Å². The Labute approximate surface area is 213 Å². The number of ether oxygens (including phenoxy) is 1. The monoisotopic (exact) mass is 549 g/mol. The van der Waals surface area contributed by atoms with E-state index in [-0.39, 0.29) is 34.6 Å². The zero-order valence-electron chi connectivity index (χ0n) is 19.6. The summed E-state index contributed by atoms with van der Waals surface area (Å²) in [7, 11) is 0. The van der Waals surface area contributed by atoms with Crippen molar-refractivity contribution in [2.75, 3.05) is 55.8 Å². The van der Waals surface area contributed by atoms with E-state index in [1.54, 1.807) is 16.7 Å². The van der Waals surface area contributed by atoms with Gasteiger partial charge in [0.05, 0.1) is 17.4 Å². The number of benzene rings is 1. The number of rotatable bonds is 4. The number of pyridine rings is 1. The molecule has 3 fully saturated rings. The first-order valence-corrected chi connectivity index (χ1v) is 13.0. The highest BCUT2D eigenvalue weighted by atomic mass is 32.2. The number of nitrogens with zero attached hydrogens (tertiary/aromatic N) is 4. The number of alkyl halides is 6. The smallest absolute Gasteiger partial charge is 0.406 e. The van der Waals surface area contributed by atoms with Crippen molar-refractivity contribution in [1.82, 2.24) is 20.1 Å². The molecule has 202 valence electrons. The highest BCUT2D eigenvalue weighted by Crippen LogP contribution is 2.37. The zero-order valence-corrected chi connectivity index (χ0v) is 20.4. The van der Waals surface area contributed by atoms with Gasteiger partial charge in [0.2, 0.25) is 5.91 Å². The van der Waals surface area contributed by atoms with Gasteiger partial charge in [0.25, 0.3) is 0 Å². The van der Waals surface area contributed by atoms with Crippen molar-refractivity contribution in [1.29, 1.82) is 0 Å². The normalized spacial score (nSPS) is 23.7. The van der Waals surface area contributed by atoms with Gasteiger partial charge in [-0.15, -0.1) is 24.9 Å². The van der Waals surface area contributed by atoms with Crippen LogP contribution < -0.4 is 15.0 Å². The summed E-state index contributed by atoms with van der Waals surface area (Å²) in [5, 5.41) is 3.45. The van der Waals surface area contributed by atoms with Crippen molar-refractivity contribution < 1.29 is 35.9 Å². The molecule has 3 aliphatic heterocycles. The first kappa shape index (κ1) is 26.2. The molecule has 0 aliphatic carbocycles. The van der Waals surface area contributed by atoms with E-state index in [0.29, 0.717) is 45.0 Å². The molecule has 3 aliphatic rings. The number of amides is 1. The van der Waals surface area contributed by atoms with Gasteiger partial charge < -0.3 is 19.9 Å². The second kappa shape index (κ2) is 10.0. The van der Waals surface area contributed by atoms with Gasteiger partial charge in [0.1, 0.15) is 11.4 Å². The lowest BCUT2D eigenvalue weighted by molar-refractivity contribution is -0.274. The number of halogens is 6. The van der Waals surface area contributed by atoms with Gasteiger partial charge in [-0.05, 0) is 30.7 Å². The van der Waals surface area contributed by atoms with Crippen LogP contribution in [0.3, 0.4) is 0 Å². The van der Waals surface area contributed by atoms with E-state index in [9.17, 15) is 31.1 Å². The maximum atomic E-state index is 13.5. The second-order valence-corrected chi connectivity index (χ2v) is 10.3. The Morgan fingerprint density at radius 2 is 1.81 bits per heavy atom. The summed E-state index contributed by atoms with van der Waals surface area (Å²) in [6, 6.07) is 3.90. The molecule has 37 heavy (non-hydrogen) atoms. The van der Waals surface area contributed by atoms with E-state index >= 15 is 0 Å². The maximum absolute atomic E-state index is 13.5. The number of carbonyl (C=O) groups is 1. The summed E-state index contributed by atoms with van der Waals surface area (Å²) in [4.78, 5) is 22.1. The molecule has 1 aromatic carbocycles. The Hall–Kier alpha value is -2.45. The van der Waals surface area contributed by atoms with Crippen molar-refractivity contribution in [3.8, 4) is 5.75 Å². The summed E-state index contributed by atoms with van der Waals surface area (Å²) in [6.45, 7) is 3.22. The highest BCUT2D eigenvalue weighted by Gasteiger charge is 2.38. The fourth-order valence-corrected chi connectivity index (χ4v) is 6.07. The Kier molecular flexibility index (Phi) is 7.09. The number of thioether (sulfide) groups is 1. The van der Waals surface area contributed by atoms with E-state index in [4.69, 9.17) is 0 Å². The SMILES string of the molecule is O=C([C@@H]1C[C@H](N2CCN(c3cc(C(F)(F)F)nc4ccc(OC(F)(F)F)cc34)CC2)CN1)N1CCSC1. The number of hydrogen-bond donors (Lipinski definition) is 1. The topological polar surface area (TPSA) is 60.9 Å². The Morgan fingerprint density at radius 1 is 1.05 bits per heavy atom. The molecule has 1 amide bonds. The molecule has 2 atom stereocenters. The number of piperazine rings is 1. The molecule has 3 saturated heterocycles. The van der Waals surface area contributed by atoms with Crippen LogP contribution >= 0.6 is 11.8 Å². The lowest BCUT2D eigenvalue weighted by Crippen LogP contribution is -2.51. The van der Waals surface area contributed by atoms with Gasteiger partial charge in [-0.25, -0.2) is 4.98 Å². The molecule has 0 bridgehead atoms. The van der Waals surface area contributed by atoms with Crippen molar-refractivity contribution in [3.05, 3.63) is 30.0 Å². The van der Waals surface area contributed by atoms with Gasteiger partial charge >= 0.3 is 12.5 Å². The molecular formula is C23H25F6N5O2S. The fraction of sp³-hybridized carbons (Fsp3) is 0.565. The number of nitrogens with one attached hydrogen (secondary N) is 1. The minimum Gasteiger partial charge on any atom is -0.406 e. The molecular weight excluding hydrogens is 524 g/mol. The summed E-state index contributed by atoms with van der Waals surface area (Å²) in [6.07, 6.45) is -8.98. The van der Waals surface area contributed by atoms with E-state index in [2.05, 4.69) is 19.9 Å². The maximum Gasteiger partial charge on any atom is 0.573 e. The molecule has 2 aromatic rings. The van der Waals surface area contributed by atoms with Crippen molar-refractivity contribution in [2.45, 2.75) is 31.0 Å². The number of hydrogen-bond acceptors (Lipinski definition) is 7. The van der Waals surface area contributed by atoms with Crippen molar-refractivity contribution >= 4 is 34.3 Å². The second-order valence-electron chi connectivity index (χ2n) is 9.26. The van der Waals surface area contributed by atoms with Crippen LogP contribution in [-0.2, 0) is 11.0 Å². The van der Waals surface area contributed by atoms with Crippen LogP contribution in [0.1, 0.15) is 12.1 Å². The highest BCUT2D eigenvalue weighted by molar-refractivity contribution is 7.99. The summed E-state index contributed by atoms with van der Waals surface area (Å²) in [5.74, 6) is 1.22. The Bertz CT molecular complexity index is 1150. The first-order valence-electron chi connectivity index (χ1n) is 11.8. The Morgan fingerprint density at radius 3 is 2.46 bits per heavy atom. The predicted molar refractivity (Wildman–Crippen MR) is 126 cm³/mol. The Balaban J connectivity index is 1.32. The minimum absolute atomic E-state index is 0.0665. The molecule has 1 N–H and O–H groups in total. The van der Waals surface area contributed by atoms with E-state index in [1.807, 2.05) is 4.90 Å². The summed E-state index contributed by atoms with van der Waals surface area (Å²) >= 11 is 1.73. The van der Waals surface area contributed by atoms with E-state index in [0.717, 1.165) is 36.6 Å². The lowest BCUT2D eigenvalue weighted by Gasteiger charge is -2.39. The number of aromatic nitrogens is 1. The van der Waals surface area contributed by atoms with Crippen molar-refractivity contribution in [3.63, 3.8) is 0 Å². The zero-order chi connectivity index (χ0) is 26.4. The molecule has 0 saturated carbocycles. The molecule has 0 radical (unpaired) electrons. The average Bonchev–Trinajstić information content (AvgIpc) is 3.54. The summed E-state index contributed by atoms with van der Waals surface area (Å²) < 4.78 is 82.8. The van der Waals surface area contributed by atoms with Crippen molar-refractivity contribution in [2.24, 2.45) is 0 Å². The molecule has 0 spiro atoms. The summed E-state index contributed by atoms with van der Waals surface area (Å²) in [5.41, 5.74) is -1.01. The minimum atomic E-state index is -4.93. The van der Waals surface area contributed by atoms with Gasteiger partial charge in [-0.3, -0.25) is 9.69 Å². The molecule has 1 aromatic heterocycles. The fourth-order valence-electron chi connectivity index (χ4n) is 5.11. The van der Waals surface area contributed by atoms with Crippen LogP contribution in [0.25, 0.3) is 10.9 Å². The van der Waals surface area contributed by atoms with Crippen LogP contribution in [0.2, 0.25) is 0 Å². The number of fused-ring (bicyclic) bond motifs is 1. The first-order chi connectivity index (χ1) is 17.5. The molecule has 5 rings (SSSR count). The largest absolute Gasteiger partial charge is 0.573 e. The average molecular weight is 550 g/mol. The van der Waals surface area contributed by atoms with Crippen LogP contribution in [0.5, 0.6) is 5.75 Å². The lowest BCUT2D eigenvalue weighted by atomic mass is 10.1. The molecule has 0 unspecified atom stereocenters. The van der Waals surface area contributed by atoms with E-state index < -0.39 is 24.0 Å². The van der Waals surface area contributed by atoms with Crippen LogP contribution in [-0.4, -0.2) is 90.0 Å². The quantitative estimate of drug-likeness (QED) is 0.586. The van der Waals surface area contributed by atoms with Gasteiger partial charge in [0, 0.05) is 62.1 Å².